The van der Waals surface area contributed by atoms with Gasteiger partial charge in [0.1, 0.15) is 18.1 Å². The summed E-state index contributed by atoms with van der Waals surface area (Å²) in [5.74, 6) is -6.83. The summed E-state index contributed by atoms with van der Waals surface area (Å²) in [4.78, 5) is 25.1. The van der Waals surface area contributed by atoms with Gasteiger partial charge >= 0.3 is 11.9 Å². The van der Waals surface area contributed by atoms with Gasteiger partial charge in [0.15, 0.2) is 12.1 Å². The minimum Gasteiger partial charge on any atom is -0.481 e. The second kappa shape index (κ2) is 27.4. The molecule has 368 valence electrons. The zero-order valence-corrected chi connectivity index (χ0v) is 37.6. The van der Waals surface area contributed by atoms with Crippen LogP contribution in [0.3, 0.4) is 0 Å². The van der Waals surface area contributed by atoms with Crippen molar-refractivity contribution < 1.29 is 84.7 Å². The van der Waals surface area contributed by atoms with Crippen LogP contribution in [0.25, 0.3) is 0 Å². The highest BCUT2D eigenvalue weighted by Gasteiger charge is 2.51. The van der Waals surface area contributed by atoms with Crippen LogP contribution in [0, 0.1) is 17.8 Å². The number of ether oxygens (including phenoxy) is 4. The summed E-state index contributed by atoms with van der Waals surface area (Å²) in [5.41, 5.74) is 6.02. The van der Waals surface area contributed by atoms with E-state index in [9.17, 15) is 65.8 Å². The third kappa shape index (κ3) is 18.6. The van der Waals surface area contributed by atoms with Crippen LogP contribution in [0.4, 0.5) is 0 Å². The molecule has 18 heteroatoms. The number of rotatable bonds is 3. The van der Waals surface area contributed by atoms with Crippen molar-refractivity contribution in [3.8, 4) is 0 Å². The third-order valence-corrected chi connectivity index (χ3v) is 12.0. The Morgan fingerprint density at radius 2 is 1.23 bits per heavy atom. The summed E-state index contributed by atoms with van der Waals surface area (Å²) in [6.07, 6.45) is 3.46. The number of carbonyl (C=O) groups is 2. The summed E-state index contributed by atoms with van der Waals surface area (Å²) < 4.78 is 23.1. The second-order valence-corrected chi connectivity index (χ2v) is 17.6. The van der Waals surface area contributed by atoms with Crippen molar-refractivity contribution in [1.29, 1.82) is 0 Å². The van der Waals surface area contributed by atoms with Crippen molar-refractivity contribution in [2.24, 2.45) is 23.5 Å². The Labute approximate surface area is 381 Å². The van der Waals surface area contributed by atoms with Gasteiger partial charge in [-0.2, -0.15) is 0 Å². The van der Waals surface area contributed by atoms with Crippen LogP contribution >= 0.6 is 0 Å². The summed E-state index contributed by atoms with van der Waals surface area (Å²) in [6.45, 7) is 6.74. The number of hydrogen-bond acceptors (Lipinski definition) is 17. The van der Waals surface area contributed by atoms with Gasteiger partial charge in [-0.05, 0) is 33.1 Å². The largest absolute Gasteiger partial charge is 0.481 e. The maximum Gasteiger partial charge on any atom is 0.311 e. The van der Waals surface area contributed by atoms with E-state index in [4.69, 9.17) is 24.7 Å². The van der Waals surface area contributed by atoms with E-state index in [0.717, 1.165) is 0 Å². The number of carboxylic acids is 1. The van der Waals surface area contributed by atoms with E-state index in [1.165, 1.54) is 13.0 Å². The molecular weight excluding hydrogens is 851 g/mol. The highest BCUT2D eigenvalue weighted by atomic mass is 16.7. The first-order chi connectivity index (χ1) is 30.6. The Morgan fingerprint density at radius 3 is 1.82 bits per heavy atom. The number of carbonyl (C=O) groups excluding carboxylic acids is 1. The maximum absolute atomic E-state index is 12.6. The number of cyclic esters (lactones) is 1. The Morgan fingerprint density at radius 1 is 0.662 bits per heavy atom. The van der Waals surface area contributed by atoms with E-state index < -0.39 is 147 Å². The smallest absolute Gasteiger partial charge is 0.311 e. The number of carboxylic acid groups (broad SMARTS) is 1. The molecule has 0 amide bonds. The summed E-state index contributed by atoms with van der Waals surface area (Å²) in [5, 5.41) is 118. The molecule has 2 bridgehead atoms. The van der Waals surface area contributed by atoms with Crippen LogP contribution in [0.1, 0.15) is 79.1 Å². The van der Waals surface area contributed by atoms with Gasteiger partial charge in [-0.1, -0.05) is 98.9 Å². The molecule has 3 heterocycles. The molecule has 0 aromatic heterocycles. The lowest BCUT2D eigenvalue weighted by molar-refractivity contribution is -0.308. The van der Waals surface area contributed by atoms with Gasteiger partial charge in [-0.3, -0.25) is 9.59 Å². The number of nitrogens with two attached hydrogens (primary N) is 1. The van der Waals surface area contributed by atoms with Gasteiger partial charge in [0.25, 0.3) is 0 Å². The fourth-order valence-corrected chi connectivity index (χ4v) is 7.97. The highest BCUT2D eigenvalue weighted by Crippen LogP contribution is 2.38. The summed E-state index contributed by atoms with van der Waals surface area (Å²) in [7, 11) is 0. The predicted octanol–water partition coefficient (Wildman–Crippen LogP) is 0.712. The molecule has 65 heavy (non-hydrogen) atoms. The lowest BCUT2D eigenvalue weighted by Gasteiger charge is -2.45. The Bertz CT molecular complexity index is 1670. The van der Waals surface area contributed by atoms with E-state index in [-0.39, 0.29) is 31.6 Å². The molecule has 1 unspecified atom stereocenters. The molecule has 18 nitrogen and oxygen atoms in total. The van der Waals surface area contributed by atoms with Crippen LogP contribution in [-0.4, -0.2) is 166 Å². The van der Waals surface area contributed by atoms with Gasteiger partial charge in [0.2, 0.25) is 0 Å². The molecule has 0 aliphatic carbocycles. The first-order valence-electron chi connectivity index (χ1n) is 22.3. The van der Waals surface area contributed by atoms with E-state index in [1.807, 2.05) is 19.1 Å². The monoisotopic (exact) mass is 923 g/mol. The Balaban J connectivity index is 1.86. The zero-order chi connectivity index (χ0) is 48.4. The van der Waals surface area contributed by atoms with E-state index >= 15 is 0 Å². The van der Waals surface area contributed by atoms with Crippen molar-refractivity contribution in [2.75, 3.05) is 0 Å². The van der Waals surface area contributed by atoms with Crippen LogP contribution in [-0.2, 0) is 28.5 Å². The highest BCUT2D eigenvalue weighted by molar-refractivity contribution is 5.71. The minimum atomic E-state index is -2.33. The molecule has 3 aliphatic rings. The first-order valence-corrected chi connectivity index (χ1v) is 22.3. The fourth-order valence-electron chi connectivity index (χ4n) is 7.97. The van der Waals surface area contributed by atoms with Crippen molar-refractivity contribution in [3.05, 3.63) is 85.1 Å². The fraction of sp³-hybridized carbons (Fsp3) is 0.660. The van der Waals surface area contributed by atoms with Crippen LogP contribution in [0.5, 0.6) is 0 Å². The van der Waals surface area contributed by atoms with E-state index in [0.29, 0.717) is 0 Å². The molecule has 0 aromatic carbocycles. The number of aliphatic carboxylic acids is 1. The second-order valence-electron chi connectivity index (χ2n) is 17.6. The average Bonchev–Trinajstić information content (AvgIpc) is 3.21. The normalized spacial score (nSPS) is 45.5. The van der Waals surface area contributed by atoms with Crippen LogP contribution < -0.4 is 5.73 Å². The standard InChI is InChI=1S/C47H73NO17/c1-27-17-15-13-11-9-7-5-6-8-10-12-14-16-18-34(64-46-44(58)41(48)43(57)30(4)63-46)24-38-40(45(59)60)37(54)26-47(61,65-38)25-33(51)22-36(53)35(52)20-19-31(49)21-32(50)23-39(55)62-29(3)28(2)42(27)56/h5-18,27-38,40-44,46,49-54,56-58,61H,19-26,48H2,1-4H3,(H,59,60)/b6-5+,9-7+,10-8+,13-11+,14-12+,17-15+,18-16+/t27-,28-,29-,30-,31-,32-,33+,34-,35-,36-,37-,38+,40+,41?,42+,43-,44+,46+,47-/m0/s1. The molecular formula is C47H73NO17. The molecule has 3 rings (SSSR count). The molecule has 19 atom stereocenters. The molecule has 0 spiro atoms. The molecule has 3 aliphatic heterocycles. The van der Waals surface area contributed by atoms with Gasteiger partial charge in [0.05, 0.1) is 79.6 Å². The molecule has 2 saturated heterocycles. The Hall–Kier alpha value is -3.44. The van der Waals surface area contributed by atoms with Crippen molar-refractivity contribution >= 4 is 11.9 Å². The van der Waals surface area contributed by atoms with Crippen LogP contribution in [0.15, 0.2) is 85.1 Å². The summed E-state index contributed by atoms with van der Waals surface area (Å²) >= 11 is 0. The van der Waals surface area contributed by atoms with Crippen molar-refractivity contribution in [2.45, 2.75) is 177 Å². The van der Waals surface area contributed by atoms with Gasteiger partial charge in [0, 0.05) is 37.5 Å². The van der Waals surface area contributed by atoms with Gasteiger partial charge in [-0.15, -0.1) is 0 Å². The maximum atomic E-state index is 12.6. The number of fused-ring (bicyclic) bond motifs is 2. The van der Waals surface area contributed by atoms with Crippen molar-refractivity contribution in [1.82, 2.24) is 0 Å². The van der Waals surface area contributed by atoms with Crippen LogP contribution in [0.2, 0.25) is 0 Å². The number of allylic oxidation sites excluding steroid dienone is 12. The van der Waals surface area contributed by atoms with Crippen molar-refractivity contribution in [3.63, 3.8) is 0 Å². The SMILES string of the molecule is C[C@@H]1[C@H](O)[C@@H](C)/C=C/C=C/C=C/C=C/C=C/C=C/C=C/[C@H](O[C@H]2O[C@@H](C)[C@H](O)C(N)[C@H]2O)C[C@H]2O[C@@](O)(C[C@H](O)C[C@H](O)[C@@H](O)CC[C@H](O)C[C@H](O)CC(=O)O[C@H]1C)C[C@H](O)[C@H]2C(=O)O. The van der Waals surface area contributed by atoms with Gasteiger partial charge in [-0.25, -0.2) is 0 Å². The molecule has 0 aromatic rings. The average molecular weight is 924 g/mol. The number of esters is 1. The predicted molar refractivity (Wildman–Crippen MR) is 237 cm³/mol. The topological polar surface area (TPSA) is 320 Å². The molecule has 13 N–H and O–H groups in total. The lowest BCUT2D eigenvalue weighted by atomic mass is 9.82. The number of aliphatic hydroxyl groups is 10. The zero-order valence-electron chi connectivity index (χ0n) is 37.6. The molecule has 0 radical (unpaired) electrons. The van der Waals surface area contributed by atoms with E-state index in [2.05, 4.69) is 0 Å². The number of hydrogen-bond donors (Lipinski definition) is 12. The third-order valence-electron chi connectivity index (χ3n) is 12.0. The molecule has 0 saturated carbocycles. The molecule has 2 fully saturated rings. The quantitative estimate of drug-likeness (QED) is 0.174. The lowest BCUT2D eigenvalue weighted by Crippen LogP contribution is -2.61. The number of aliphatic hydroxyl groups excluding tert-OH is 9. The summed E-state index contributed by atoms with van der Waals surface area (Å²) in [6, 6.07) is -1.15. The first kappa shape index (κ1) is 55.9. The van der Waals surface area contributed by atoms with E-state index in [1.54, 1.807) is 80.7 Å². The van der Waals surface area contributed by atoms with Gasteiger partial charge < -0.3 is 80.9 Å². The minimum absolute atomic E-state index is 0.107. The Kier molecular flexibility index (Phi) is 23.6.